The molecule has 0 spiro atoms. The fourth-order valence-corrected chi connectivity index (χ4v) is 2.54. The van der Waals surface area contributed by atoms with Gasteiger partial charge in [0.1, 0.15) is 11.5 Å². The summed E-state index contributed by atoms with van der Waals surface area (Å²) in [5.74, 6) is 1.19. The maximum absolute atomic E-state index is 12.1. The Hall–Kier alpha value is -3.42. The number of methoxy groups -OCH3 is 3. The summed E-state index contributed by atoms with van der Waals surface area (Å²) >= 11 is 0. The first kappa shape index (κ1) is 21.9. The summed E-state index contributed by atoms with van der Waals surface area (Å²) in [4.78, 5) is 24.1. The average molecular weight is 403 g/mol. The van der Waals surface area contributed by atoms with E-state index in [0.29, 0.717) is 40.7 Å². The molecule has 8 heteroatoms. The van der Waals surface area contributed by atoms with Crippen LogP contribution in [0, 0.1) is 0 Å². The van der Waals surface area contributed by atoms with Crippen molar-refractivity contribution in [3.05, 3.63) is 47.5 Å². The number of hydrogen-bond donors (Lipinski definition) is 1. The molecule has 2 aromatic rings. The summed E-state index contributed by atoms with van der Waals surface area (Å²) < 4.78 is 26.2. The lowest BCUT2D eigenvalue weighted by atomic mass is 10.1. The van der Waals surface area contributed by atoms with Gasteiger partial charge in [0, 0.05) is 18.2 Å². The van der Waals surface area contributed by atoms with Crippen molar-refractivity contribution in [2.45, 2.75) is 13.5 Å². The third-order valence-corrected chi connectivity index (χ3v) is 4.00. The van der Waals surface area contributed by atoms with Crippen molar-refractivity contribution in [3.8, 4) is 23.0 Å². The zero-order valence-corrected chi connectivity index (χ0v) is 16.9. The number of nitrogens with one attached hydrogen (secondary N) is 1. The highest BCUT2D eigenvalue weighted by Gasteiger charge is 2.14. The van der Waals surface area contributed by atoms with Gasteiger partial charge in [-0.1, -0.05) is 0 Å². The average Bonchev–Trinajstić information content (AvgIpc) is 2.75. The fraction of sp³-hybridized carbons (Fsp3) is 0.333. The van der Waals surface area contributed by atoms with Gasteiger partial charge in [-0.15, -0.1) is 0 Å². The summed E-state index contributed by atoms with van der Waals surface area (Å²) in [6.07, 6.45) is 0. The molecule has 2 rings (SSSR count). The summed E-state index contributed by atoms with van der Waals surface area (Å²) in [5, 5.41) is 2.68. The van der Waals surface area contributed by atoms with Crippen molar-refractivity contribution in [2.75, 3.05) is 34.5 Å². The molecule has 0 aromatic heterocycles. The van der Waals surface area contributed by atoms with E-state index in [1.54, 1.807) is 36.4 Å². The summed E-state index contributed by atoms with van der Waals surface area (Å²) in [5.41, 5.74) is 1.03. The fourth-order valence-electron chi connectivity index (χ4n) is 2.54. The molecule has 0 fully saturated rings. The van der Waals surface area contributed by atoms with Crippen LogP contribution in [0.1, 0.15) is 22.8 Å². The van der Waals surface area contributed by atoms with E-state index in [1.165, 1.54) is 21.3 Å². The first-order chi connectivity index (χ1) is 14.0. The molecule has 0 heterocycles. The maximum atomic E-state index is 12.1. The van der Waals surface area contributed by atoms with Gasteiger partial charge in [-0.05, 0) is 37.3 Å². The minimum Gasteiger partial charge on any atom is -0.496 e. The molecule has 1 N–H and O–H groups in total. The zero-order chi connectivity index (χ0) is 21.2. The molecule has 0 unspecified atom stereocenters. The molecule has 0 aliphatic heterocycles. The number of benzene rings is 2. The van der Waals surface area contributed by atoms with Crippen molar-refractivity contribution in [1.29, 1.82) is 0 Å². The van der Waals surface area contributed by atoms with E-state index in [-0.39, 0.29) is 6.54 Å². The zero-order valence-electron chi connectivity index (χ0n) is 16.9. The Balaban J connectivity index is 1.90. The molecule has 0 saturated heterocycles. The Bertz CT molecular complexity index is 834. The van der Waals surface area contributed by atoms with Gasteiger partial charge < -0.3 is 29.0 Å². The Morgan fingerprint density at radius 3 is 2.10 bits per heavy atom. The topological polar surface area (TPSA) is 92.3 Å². The van der Waals surface area contributed by atoms with Crippen LogP contribution in [0.2, 0.25) is 0 Å². The normalized spacial score (nSPS) is 10.1. The van der Waals surface area contributed by atoms with E-state index in [9.17, 15) is 9.59 Å². The predicted octanol–water partition coefficient (Wildman–Crippen LogP) is 2.58. The van der Waals surface area contributed by atoms with Crippen molar-refractivity contribution >= 4 is 11.9 Å². The van der Waals surface area contributed by atoms with Crippen LogP contribution < -0.4 is 24.3 Å². The molecule has 0 saturated carbocycles. The summed E-state index contributed by atoms with van der Waals surface area (Å²) in [7, 11) is 4.57. The highest BCUT2D eigenvalue weighted by molar-refractivity contribution is 5.91. The maximum Gasteiger partial charge on any atom is 0.338 e. The molecule has 2 aromatic carbocycles. The predicted molar refractivity (Wildman–Crippen MR) is 106 cm³/mol. The van der Waals surface area contributed by atoms with Gasteiger partial charge >= 0.3 is 5.97 Å². The van der Waals surface area contributed by atoms with Crippen molar-refractivity contribution in [2.24, 2.45) is 0 Å². The van der Waals surface area contributed by atoms with Crippen molar-refractivity contribution in [3.63, 3.8) is 0 Å². The van der Waals surface area contributed by atoms with Gasteiger partial charge in [0.25, 0.3) is 5.91 Å². The van der Waals surface area contributed by atoms with Crippen LogP contribution in [0.25, 0.3) is 0 Å². The third kappa shape index (κ3) is 6.03. The molecule has 156 valence electrons. The first-order valence-corrected chi connectivity index (χ1v) is 8.97. The van der Waals surface area contributed by atoms with E-state index in [2.05, 4.69) is 5.32 Å². The number of ether oxygens (including phenoxy) is 5. The summed E-state index contributed by atoms with van der Waals surface area (Å²) in [6.45, 7) is 2.18. The minimum absolute atomic E-state index is 0.170. The van der Waals surface area contributed by atoms with Gasteiger partial charge in [-0.3, -0.25) is 4.79 Å². The molecule has 0 bridgehead atoms. The van der Waals surface area contributed by atoms with E-state index in [4.69, 9.17) is 23.7 Å². The number of carbonyl (C=O) groups excluding carboxylic acids is 2. The van der Waals surface area contributed by atoms with Crippen LogP contribution in [-0.2, 0) is 16.1 Å². The molecule has 0 aliphatic rings. The smallest absolute Gasteiger partial charge is 0.338 e. The Kier molecular flexibility index (Phi) is 8.14. The second kappa shape index (κ2) is 10.8. The molecule has 0 aliphatic carbocycles. The molecule has 0 atom stereocenters. The van der Waals surface area contributed by atoms with E-state index < -0.39 is 18.5 Å². The number of esters is 1. The van der Waals surface area contributed by atoms with Gasteiger partial charge in [-0.2, -0.15) is 0 Å². The second-order valence-corrected chi connectivity index (χ2v) is 5.83. The Morgan fingerprint density at radius 2 is 1.52 bits per heavy atom. The van der Waals surface area contributed by atoms with Gasteiger partial charge in [0.05, 0.1) is 33.5 Å². The standard InChI is InChI=1S/C21H25NO7/c1-5-28-16-8-6-14(7-9-16)21(24)29-13-20(23)22-12-15-10-18(26-3)19(27-4)11-17(15)25-2/h6-11H,5,12-13H2,1-4H3,(H,22,23). The molecule has 0 radical (unpaired) electrons. The number of amides is 1. The number of rotatable bonds is 10. The first-order valence-electron chi connectivity index (χ1n) is 8.97. The minimum atomic E-state index is -0.591. The number of hydrogen-bond acceptors (Lipinski definition) is 7. The SMILES string of the molecule is CCOc1ccc(C(=O)OCC(=O)NCc2cc(OC)c(OC)cc2OC)cc1. The Morgan fingerprint density at radius 1 is 0.897 bits per heavy atom. The highest BCUT2D eigenvalue weighted by atomic mass is 16.5. The van der Waals surface area contributed by atoms with Crippen molar-refractivity contribution in [1.82, 2.24) is 5.32 Å². The molecule has 29 heavy (non-hydrogen) atoms. The summed E-state index contributed by atoms with van der Waals surface area (Å²) in [6, 6.07) is 9.89. The quantitative estimate of drug-likeness (QED) is 0.610. The molecule has 1 amide bonds. The van der Waals surface area contributed by atoms with E-state index in [1.807, 2.05) is 6.92 Å². The number of carbonyl (C=O) groups is 2. The van der Waals surface area contributed by atoms with Gasteiger partial charge in [0.2, 0.25) is 0 Å². The van der Waals surface area contributed by atoms with Crippen molar-refractivity contribution < 1.29 is 33.3 Å². The van der Waals surface area contributed by atoms with Gasteiger partial charge in [0.15, 0.2) is 18.1 Å². The van der Waals surface area contributed by atoms with E-state index in [0.717, 1.165) is 0 Å². The van der Waals surface area contributed by atoms with Crippen LogP contribution in [0.4, 0.5) is 0 Å². The highest BCUT2D eigenvalue weighted by Crippen LogP contribution is 2.34. The monoisotopic (exact) mass is 403 g/mol. The lowest BCUT2D eigenvalue weighted by Gasteiger charge is -2.14. The molecule has 8 nitrogen and oxygen atoms in total. The van der Waals surface area contributed by atoms with E-state index >= 15 is 0 Å². The largest absolute Gasteiger partial charge is 0.496 e. The van der Waals surface area contributed by atoms with Crippen LogP contribution >= 0.6 is 0 Å². The lowest BCUT2D eigenvalue weighted by molar-refractivity contribution is -0.124. The van der Waals surface area contributed by atoms with Crippen LogP contribution in [0.5, 0.6) is 23.0 Å². The molecular formula is C21H25NO7. The Labute approximate surface area is 169 Å². The van der Waals surface area contributed by atoms with Crippen LogP contribution in [0.15, 0.2) is 36.4 Å². The second-order valence-electron chi connectivity index (χ2n) is 5.83. The third-order valence-electron chi connectivity index (χ3n) is 4.00. The lowest BCUT2D eigenvalue weighted by Crippen LogP contribution is -2.28. The van der Waals surface area contributed by atoms with Crippen LogP contribution in [-0.4, -0.2) is 46.4 Å². The van der Waals surface area contributed by atoms with Gasteiger partial charge in [-0.25, -0.2) is 4.79 Å². The molecular weight excluding hydrogens is 378 g/mol. The van der Waals surface area contributed by atoms with Crippen LogP contribution in [0.3, 0.4) is 0 Å².